The van der Waals surface area contributed by atoms with E-state index in [0.717, 1.165) is 12.2 Å². The highest BCUT2D eigenvalue weighted by Gasteiger charge is 2.10. The summed E-state index contributed by atoms with van der Waals surface area (Å²) in [6.45, 7) is 18.9. The summed E-state index contributed by atoms with van der Waals surface area (Å²) in [7, 11) is 1.33. The molecule has 196 valence electrons. The van der Waals surface area contributed by atoms with Crippen LogP contribution in [0.25, 0.3) is 12.2 Å². The highest BCUT2D eigenvalue weighted by molar-refractivity contribution is 6.04. The summed E-state index contributed by atoms with van der Waals surface area (Å²) in [5.74, 6) is -2.44. The zero-order valence-corrected chi connectivity index (χ0v) is 21.7. The van der Waals surface area contributed by atoms with E-state index in [4.69, 9.17) is 5.11 Å². The van der Waals surface area contributed by atoms with Gasteiger partial charge in [-0.1, -0.05) is 98.6 Å². The molecule has 0 fully saturated rings. The van der Waals surface area contributed by atoms with Crippen LogP contribution in [0, 0.1) is 6.92 Å². The van der Waals surface area contributed by atoms with Crippen LogP contribution in [0.4, 0.5) is 0 Å². The van der Waals surface area contributed by atoms with E-state index in [-0.39, 0.29) is 11.5 Å². The number of aliphatic carboxylic acids is 1. The lowest BCUT2D eigenvalue weighted by Crippen LogP contribution is -1.98. The van der Waals surface area contributed by atoms with Gasteiger partial charge in [-0.15, -0.1) is 0 Å². The summed E-state index contributed by atoms with van der Waals surface area (Å²) >= 11 is 0. The minimum Gasteiger partial charge on any atom is -0.478 e. The van der Waals surface area contributed by atoms with Crippen molar-refractivity contribution in [1.82, 2.24) is 0 Å². The van der Waals surface area contributed by atoms with Crippen molar-refractivity contribution in [2.45, 2.75) is 20.8 Å². The van der Waals surface area contributed by atoms with Crippen LogP contribution < -0.4 is 0 Å². The van der Waals surface area contributed by atoms with E-state index in [1.807, 2.05) is 42.5 Å². The predicted molar refractivity (Wildman–Crippen MR) is 147 cm³/mol. The standard InChI is InChI=1S/C9H10.C8H8.C5H8O2.C4H2O3.C4H6O2/c1-3-9-6-4-8(2)5-7-9;1-2-8-6-4-3-5-7-8;1-4(2)5(6)7-3;5-3-1-2-4(6)7-3;1-3(2)4(5)6/h3-7H,1H2,2H3;2-7H,1H2;1H2,2-3H3;1-2H;1H2,2H3,(H,5,6). The summed E-state index contributed by atoms with van der Waals surface area (Å²) in [6.07, 6.45) is 5.85. The van der Waals surface area contributed by atoms with Gasteiger partial charge in [0.1, 0.15) is 0 Å². The van der Waals surface area contributed by atoms with Gasteiger partial charge in [0, 0.05) is 23.3 Å². The van der Waals surface area contributed by atoms with Crippen molar-refractivity contribution in [3.8, 4) is 0 Å². The van der Waals surface area contributed by atoms with Gasteiger partial charge < -0.3 is 14.6 Å². The summed E-state index contributed by atoms with van der Waals surface area (Å²) in [5, 5.41) is 7.89. The zero-order chi connectivity index (χ0) is 28.8. The number of hydrogen-bond acceptors (Lipinski definition) is 6. The first-order valence-corrected chi connectivity index (χ1v) is 10.8. The fourth-order valence-electron chi connectivity index (χ4n) is 1.77. The quantitative estimate of drug-likeness (QED) is 0.309. The highest BCUT2D eigenvalue weighted by atomic mass is 16.6. The molecule has 1 heterocycles. The van der Waals surface area contributed by atoms with Gasteiger partial charge in [-0.05, 0) is 31.9 Å². The second-order valence-electron chi connectivity index (χ2n) is 7.16. The van der Waals surface area contributed by atoms with Crippen LogP contribution >= 0.6 is 0 Å². The van der Waals surface area contributed by atoms with Crippen LogP contribution in [0.1, 0.15) is 30.5 Å². The van der Waals surface area contributed by atoms with E-state index in [1.165, 1.54) is 30.7 Å². The SMILES string of the molecule is C=C(C)C(=O)O.C=C(C)C(=O)OC.C=Cc1ccc(C)cc1.C=Cc1ccccc1.O=C1C=CC(=O)O1. The van der Waals surface area contributed by atoms with Crippen molar-refractivity contribution in [1.29, 1.82) is 0 Å². The number of esters is 3. The van der Waals surface area contributed by atoms with Crippen LogP contribution in [-0.2, 0) is 28.7 Å². The molecule has 37 heavy (non-hydrogen) atoms. The number of carboxylic acid groups (broad SMARTS) is 1. The lowest BCUT2D eigenvalue weighted by atomic mass is 10.2. The molecule has 1 N–H and O–H groups in total. The molecule has 7 nitrogen and oxygen atoms in total. The highest BCUT2D eigenvalue weighted by Crippen LogP contribution is 2.03. The topological polar surface area (TPSA) is 107 Å². The molecule has 3 rings (SSSR count). The molecular weight excluding hydrogens is 472 g/mol. The van der Waals surface area contributed by atoms with Crippen molar-refractivity contribution in [2.75, 3.05) is 7.11 Å². The molecule has 0 bridgehead atoms. The number of methoxy groups -OCH3 is 1. The number of aryl methyl sites for hydroxylation is 1. The van der Waals surface area contributed by atoms with E-state index in [1.54, 1.807) is 6.92 Å². The molecule has 0 aromatic heterocycles. The second-order valence-corrected chi connectivity index (χ2v) is 7.16. The molecule has 0 amide bonds. The van der Waals surface area contributed by atoms with E-state index in [2.05, 4.69) is 67.0 Å². The fourth-order valence-corrected chi connectivity index (χ4v) is 1.77. The van der Waals surface area contributed by atoms with Crippen molar-refractivity contribution in [2.24, 2.45) is 0 Å². The number of carbonyl (C=O) groups is 4. The van der Waals surface area contributed by atoms with Crippen LogP contribution in [0.3, 0.4) is 0 Å². The van der Waals surface area contributed by atoms with Gasteiger partial charge >= 0.3 is 23.9 Å². The molecule has 1 aliphatic heterocycles. The molecule has 0 radical (unpaired) electrons. The molecule has 0 spiro atoms. The smallest absolute Gasteiger partial charge is 0.338 e. The van der Waals surface area contributed by atoms with Crippen LogP contribution in [0.15, 0.2) is 104 Å². The van der Waals surface area contributed by atoms with Crippen molar-refractivity contribution in [3.05, 3.63) is 121 Å². The van der Waals surface area contributed by atoms with Gasteiger partial charge in [0.05, 0.1) is 7.11 Å². The monoisotopic (exact) mass is 506 g/mol. The average Bonchev–Trinajstić information content (AvgIpc) is 3.28. The minimum atomic E-state index is -0.935. The van der Waals surface area contributed by atoms with Gasteiger partial charge in [-0.2, -0.15) is 0 Å². The Kier molecular flexibility index (Phi) is 19.1. The van der Waals surface area contributed by atoms with Gasteiger partial charge in [-0.3, -0.25) is 0 Å². The summed E-state index contributed by atoms with van der Waals surface area (Å²) < 4.78 is 8.25. The third-order valence-electron chi connectivity index (χ3n) is 3.80. The molecule has 1 aliphatic rings. The number of ether oxygens (including phenoxy) is 2. The summed E-state index contributed by atoms with van der Waals surface area (Å²) in [5.41, 5.74) is 4.26. The van der Waals surface area contributed by atoms with E-state index < -0.39 is 17.9 Å². The van der Waals surface area contributed by atoms with Crippen LogP contribution in [-0.4, -0.2) is 36.1 Å². The van der Waals surface area contributed by atoms with Crippen molar-refractivity contribution < 1.29 is 33.8 Å². The summed E-state index contributed by atoms with van der Waals surface area (Å²) in [4.78, 5) is 39.6. The lowest BCUT2D eigenvalue weighted by Gasteiger charge is -1.91. The van der Waals surface area contributed by atoms with Crippen molar-refractivity contribution >= 4 is 36.0 Å². The number of carboxylic acids is 1. The number of rotatable bonds is 4. The minimum absolute atomic E-state index is 0.176. The van der Waals surface area contributed by atoms with E-state index in [9.17, 15) is 19.2 Å². The Morgan fingerprint density at radius 3 is 1.43 bits per heavy atom. The Bertz CT molecular complexity index is 1060. The molecule has 2 aromatic carbocycles. The molecule has 0 saturated heterocycles. The maximum atomic E-state index is 10.2. The molecule has 0 saturated carbocycles. The first-order chi connectivity index (χ1) is 17.4. The van der Waals surface area contributed by atoms with Gasteiger partial charge in [0.25, 0.3) is 0 Å². The third kappa shape index (κ3) is 20.3. The van der Waals surface area contributed by atoms with E-state index >= 15 is 0 Å². The maximum absolute atomic E-state index is 10.2. The normalized spacial score (nSPS) is 10.1. The van der Waals surface area contributed by atoms with Crippen molar-refractivity contribution in [3.63, 3.8) is 0 Å². The van der Waals surface area contributed by atoms with Crippen LogP contribution in [0.2, 0.25) is 0 Å². The predicted octanol–water partition coefficient (Wildman–Crippen LogP) is 5.98. The maximum Gasteiger partial charge on any atom is 0.338 e. The first kappa shape index (κ1) is 34.4. The third-order valence-corrected chi connectivity index (χ3v) is 3.80. The molecule has 7 heteroatoms. The van der Waals surface area contributed by atoms with Crippen LogP contribution in [0.5, 0.6) is 0 Å². The Morgan fingerprint density at radius 2 is 1.22 bits per heavy atom. The van der Waals surface area contributed by atoms with Gasteiger partial charge in [-0.25, -0.2) is 19.2 Å². The number of benzene rings is 2. The Labute approximate surface area is 218 Å². The summed E-state index contributed by atoms with van der Waals surface area (Å²) in [6, 6.07) is 18.3. The second kappa shape index (κ2) is 20.6. The largest absolute Gasteiger partial charge is 0.478 e. The number of hydrogen-bond donors (Lipinski definition) is 1. The Hall–Kier alpha value is -4.78. The molecule has 0 aliphatic carbocycles. The molecule has 0 unspecified atom stereocenters. The van der Waals surface area contributed by atoms with Gasteiger partial charge in [0.15, 0.2) is 0 Å². The fraction of sp³-hybridized carbons (Fsp3) is 0.133. The molecular formula is C30H34O7. The number of cyclic esters (lactones) is 2. The molecule has 2 aromatic rings. The Balaban J connectivity index is 0. The van der Waals surface area contributed by atoms with Gasteiger partial charge in [0.2, 0.25) is 0 Å². The first-order valence-electron chi connectivity index (χ1n) is 10.8. The average molecular weight is 507 g/mol. The van der Waals surface area contributed by atoms with E-state index in [0.29, 0.717) is 5.57 Å². The zero-order valence-electron chi connectivity index (χ0n) is 21.7. The molecule has 0 atom stereocenters. The number of carbonyl (C=O) groups excluding carboxylic acids is 3. The Morgan fingerprint density at radius 1 is 0.811 bits per heavy atom. The lowest BCUT2D eigenvalue weighted by molar-refractivity contribution is -0.150.